The number of carbonyl (C=O) groups excluding carboxylic acids is 1. The Balaban J connectivity index is 1.43. The van der Waals surface area contributed by atoms with E-state index in [1.54, 1.807) is 17.0 Å². The SMILES string of the molecule is CC(C)(C)C(OC(=O)N1CCC2(CC1)CC2)Oc1ccc(-c2cc(F)ccc2Cl)nn1. The Hall–Kier alpha value is -2.41. The largest absolute Gasteiger partial charge is 0.435 e. The summed E-state index contributed by atoms with van der Waals surface area (Å²) in [4.78, 5) is 14.5. The molecule has 166 valence electrons. The fourth-order valence-electron chi connectivity index (χ4n) is 3.71. The number of benzene rings is 1. The lowest BCUT2D eigenvalue weighted by atomic mass is 9.94. The van der Waals surface area contributed by atoms with Crippen LogP contribution in [0, 0.1) is 16.6 Å². The van der Waals surface area contributed by atoms with Gasteiger partial charge in [-0.2, -0.15) is 0 Å². The van der Waals surface area contributed by atoms with E-state index in [1.165, 1.54) is 31.0 Å². The van der Waals surface area contributed by atoms with Gasteiger partial charge in [0, 0.05) is 30.1 Å². The molecule has 2 aliphatic rings. The highest BCUT2D eigenvalue weighted by Gasteiger charge is 2.45. The minimum atomic E-state index is -0.838. The molecule has 0 radical (unpaired) electrons. The second-order valence-electron chi connectivity index (χ2n) is 9.57. The van der Waals surface area contributed by atoms with Gasteiger partial charge in [-0.1, -0.05) is 32.4 Å². The Labute approximate surface area is 186 Å². The predicted octanol–water partition coefficient (Wildman–Crippen LogP) is 5.70. The van der Waals surface area contributed by atoms with Crippen molar-refractivity contribution in [1.82, 2.24) is 15.1 Å². The van der Waals surface area contributed by atoms with Crippen LogP contribution >= 0.6 is 11.6 Å². The van der Waals surface area contributed by atoms with Crippen molar-refractivity contribution in [1.29, 1.82) is 0 Å². The van der Waals surface area contributed by atoms with E-state index >= 15 is 0 Å². The minimum Gasteiger partial charge on any atom is -0.435 e. The first kappa shape index (κ1) is 21.8. The van der Waals surface area contributed by atoms with Gasteiger partial charge >= 0.3 is 6.09 Å². The van der Waals surface area contributed by atoms with Crippen LogP contribution in [0.4, 0.5) is 9.18 Å². The predicted molar refractivity (Wildman–Crippen MR) is 115 cm³/mol. The third-order valence-electron chi connectivity index (χ3n) is 6.03. The van der Waals surface area contributed by atoms with Crippen LogP contribution in [0.3, 0.4) is 0 Å². The van der Waals surface area contributed by atoms with E-state index < -0.39 is 17.5 Å². The van der Waals surface area contributed by atoms with Crippen LogP contribution in [0.5, 0.6) is 5.88 Å². The number of halogens is 2. The van der Waals surface area contributed by atoms with Gasteiger partial charge in [0.15, 0.2) is 0 Å². The molecular weight excluding hydrogens is 421 g/mol. The zero-order valence-electron chi connectivity index (χ0n) is 18.0. The summed E-state index contributed by atoms with van der Waals surface area (Å²) in [5, 5.41) is 8.54. The minimum absolute atomic E-state index is 0.208. The molecule has 31 heavy (non-hydrogen) atoms. The lowest BCUT2D eigenvalue weighted by molar-refractivity contribution is -0.112. The first-order valence-electron chi connectivity index (χ1n) is 10.6. The lowest BCUT2D eigenvalue weighted by Crippen LogP contribution is -2.44. The normalized spacial score (nSPS) is 18.5. The highest BCUT2D eigenvalue weighted by molar-refractivity contribution is 6.33. The topological polar surface area (TPSA) is 64.5 Å². The van der Waals surface area contributed by atoms with Crippen molar-refractivity contribution in [2.75, 3.05) is 13.1 Å². The highest BCUT2D eigenvalue weighted by atomic mass is 35.5. The fraction of sp³-hybridized carbons (Fsp3) is 0.522. The van der Waals surface area contributed by atoms with Gasteiger partial charge < -0.3 is 14.4 Å². The van der Waals surface area contributed by atoms with E-state index in [4.69, 9.17) is 21.1 Å². The number of likely N-dealkylation sites (tertiary alicyclic amines) is 1. The summed E-state index contributed by atoms with van der Waals surface area (Å²) < 4.78 is 25.2. The summed E-state index contributed by atoms with van der Waals surface area (Å²) in [5.41, 5.74) is 0.870. The van der Waals surface area contributed by atoms with E-state index in [0.717, 1.165) is 25.9 Å². The number of ether oxygens (including phenoxy) is 2. The Morgan fingerprint density at radius 2 is 1.84 bits per heavy atom. The van der Waals surface area contributed by atoms with Crippen LogP contribution in [0.25, 0.3) is 11.3 Å². The van der Waals surface area contributed by atoms with Crippen molar-refractivity contribution in [3.63, 3.8) is 0 Å². The van der Waals surface area contributed by atoms with E-state index in [0.29, 0.717) is 21.7 Å². The van der Waals surface area contributed by atoms with Gasteiger partial charge in [-0.05, 0) is 55.4 Å². The second kappa shape index (κ2) is 8.26. The van der Waals surface area contributed by atoms with Crippen molar-refractivity contribution in [2.45, 2.75) is 52.7 Å². The molecule has 0 bridgehead atoms. The molecule has 8 heteroatoms. The van der Waals surface area contributed by atoms with Crippen LogP contribution in [0.15, 0.2) is 30.3 Å². The maximum absolute atomic E-state index is 13.6. The van der Waals surface area contributed by atoms with Crippen LogP contribution in [0.2, 0.25) is 5.02 Å². The molecule has 0 N–H and O–H groups in total. The number of hydrogen-bond acceptors (Lipinski definition) is 5. The number of rotatable bonds is 4. The Kier molecular flexibility index (Phi) is 5.81. The van der Waals surface area contributed by atoms with Gasteiger partial charge in [0.2, 0.25) is 5.88 Å². The molecule has 1 saturated heterocycles. The molecule has 1 aliphatic carbocycles. The molecule has 1 amide bonds. The number of nitrogens with zero attached hydrogens (tertiary/aromatic N) is 3. The molecule has 1 aromatic heterocycles. The smallest absolute Gasteiger partial charge is 0.412 e. The zero-order valence-corrected chi connectivity index (χ0v) is 18.8. The van der Waals surface area contributed by atoms with E-state index in [1.807, 2.05) is 20.8 Å². The molecule has 1 atom stereocenters. The maximum Gasteiger partial charge on any atom is 0.412 e. The van der Waals surface area contributed by atoms with E-state index in [9.17, 15) is 9.18 Å². The van der Waals surface area contributed by atoms with Gasteiger partial charge in [-0.3, -0.25) is 0 Å². The summed E-state index contributed by atoms with van der Waals surface area (Å²) in [6.07, 6.45) is 3.43. The van der Waals surface area contributed by atoms with Gasteiger partial charge in [0.1, 0.15) is 5.82 Å². The summed E-state index contributed by atoms with van der Waals surface area (Å²) in [6.45, 7) is 7.22. The van der Waals surface area contributed by atoms with E-state index in [-0.39, 0.29) is 12.0 Å². The quantitative estimate of drug-likeness (QED) is 0.562. The van der Waals surface area contributed by atoms with Crippen molar-refractivity contribution in [3.05, 3.63) is 41.2 Å². The highest BCUT2D eigenvalue weighted by Crippen LogP contribution is 2.53. The van der Waals surface area contributed by atoms with Gasteiger partial charge in [-0.25, -0.2) is 9.18 Å². The molecule has 1 unspecified atom stereocenters. The summed E-state index contributed by atoms with van der Waals surface area (Å²) in [5.74, 6) is -0.203. The molecule has 2 aromatic rings. The van der Waals surface area contributed by atoms with Crippen LogP contribution in [-0.4, -0.2) is 40.6 Å². The first-order valence-corrected chi connectivity index (χ1v) is 10.9. The third-order valence-corrected chi connectivity index (χ3v) is 6.36. The average Bonchev–Trinajstić information content (AvgIpc) is 3.48. The van der Waals surface area contributed by atoms with Crippen LogP contribution in [0.1, 0.15) is 46.5 Å². The average molecular weight is 448 g/mol. The van der Waals surface area contributed by atoms with Crippen molar-refractivity contribution in [3.8, 4) is 17.1 Å². The Bertz CT molecular complexity index is 948. The molecular formula is C23H27ClFN3O3. The Morgan fingerprint density at radius 3 is 2.42 bits per heavy atom. The molecule has 1 aliphatic heterocycles. The number of piperidine rings is 1. The maximum atomic E-state index is 13.6. The van der Waals surface area contributed by atoms with Gasteiger partial charge in [0.25, 0.3) is 6.29 Å². The standard InChI is InChI=1S/C23H27ClFN3O3/c1-22(2,3)20(31-21(29)28-12-10-23(8-9-23)11-13-28)30-19-7-6-18(26-27-19)16-14-15(25)4-5-17(16)24/h4-7,14,20H,8-13H2,1-3H3. The van der Waals surface area contributed by atoms with Gasteiger partial charge in [-0.15, -0.1) is 10.2 Å². The van der Waals surface area contributed by atoms with Crippen molar-refractivity contribution >= 4 is 17.7 Å². The number of amides is 1. The lowest BCUT2D eigenvalue weighted by Gasteiger charge is -2.35. The van der Waals surface area contributed by atoms with Crippen LogP contribution in [-0.2, 0) is 4.74 Å². The van der Waals surface area contributed by atoms with Crippen molar-refractivity contribution < 1.29 is 18.7 Å². The monoisotopic (exact) mass is 447 g/mol. The van der Waals surface area contributed by atoms with Gasteiger partial charge in [0.05, 0.1) is 10.7 Å². The number of hydrogen-bond donors (Lipinski definition) is 0. The second-order valence-corrected chi connectivity index (χ2v) is 9.97. The molecule has 4 rings (SSSR count). The zero-order chi connectivity index (χ0) is 22.2. The molecule has 1 saturated carbocycles. The molecule has 6 nitrogen and oxygen atoms in total. The van der Waals surface area contributed by atoms with E-state index in [2.05, 4.69) is 10.2 Å². The summed E-state index contributed by atoms with van der Waals surface area (Å²) >= 11 is 6.14. The fourth-order valence-corrected chi connectivity index (χ4v) is 3.93. The number of carbonyl (C=O) groups is 1. The molecule has 2 fully saturated rings. The Morgan fingerprint density at radius 1 is 1.13 bits per heavy atom. The number of aromatic nitrogens is 2. The molecule has 1 spiro atoms. The third kappa shape index (κ3) is 5.09. The van der Waals surface area contributed by atoms with Crippen LogP contribution < -0.4 is 4.74 Å². The summed E-state index contributed by atoms with van der Waals surface area (Å²) in [7, 11) is 0. The summed E-state index contributed by atoms with van der Waals surface area (Å²) in [6, 6.07) is 7.31. The van der Waals surface area contributed by atoms with Crippen molar-refractivity contribution in [2.24, 2.45) is 10.8 Å². The molecule has 1 aromatic carbocycles. The first-order chi connectivity index (χ1) is 14.7. The molecule has 2 heterocycles.